The van der Waals surface area contributed by atoms with Crippen molar-refractivity contribution in [2.75, 3.05) is 6.61 Å². The first-order chi connectivity index (χ1) is 8.31. The number of carbonyl (C=O) groups excluding carboxylic acids is 1. The maximum absolute atomic E-state index is 11.7. The van der Waals surface area contributed by atoms with Gasteiger partial charge in [0, 0.05) is 0 Å². The van der Waals surface area contributed by atoms with Gasteiger partial charge in [-0.1, -0.05) is 12.1 Å². The number of aromatic carboxylic acids is 1. The van der Waals surface area contributed by atoms with E-state index in [1.807, 2.05) is 0 Å². The standard InChI is InChI=1S/C10H8F3NO4/c11-10(12,13)5-18-14-8(15)6-3-1-2-4-7(6)9(16)17/h1-4H,5H2,(H,14,15)(H,16,17). The molecule has 0 radical (unpaired) electrons. The Morgan fingerprint density at radius 1 is 1.22 bits per heavy atom. The largest absolute Gasteiger partial charge is 0.478 e. The molecular formula is C10H8F3NO4. The van der Waals surface area contributed by atoms with Crippen LogP contribution in [-0.2, 0) is 4.84 Å². The van der Waals surface area contributed by atoms with Gasteiger partial charge in [0.2, 0.25) is 0 Å². The van der Waals surface area contributed by atoms with Crippen molar-refractivity contribution in [3.63, 3.8) is 0 Å². The summed E-state index contributed by atoms with van der Waals surface area (Å²) in [4.78, 5) is 26.1. The molecule has 0 fully saturated rings. The first-order valence-corrected chi connectivity index (χ1v) is 4.62. The Morgan fingerprint density at radius 3 is 2.28 bits per heavy atom. The second-order valence-electron chi connectivity index (χ2n) is 3.19. The summed E-state index contributed by atoms with van der Waals surface area (Å²) >= 11 is 0. The lowest BCUT2D eigenvalue weighted by molar-refractivity contribution is -0.184. The molecule has 98 valence electrons. The van der Waals surface area contributed by atoms with E-state index in [0.717, 1.165) is 12.1 Å². The third kappa shape index (κ3) is 4.06. The van der Waals surface area contributed by atoms with Gasteiger partial charge in [-0.25, -0.2) is 10.3 Å². The van der Waals surface area contributed by atoms with Crippen LogP contribution in [0.5, 0.6) is 0 Å². The Balaban J connectivity index is 2.70. The molecule has 1 rings (SSSR count). The summed E-state index contributed by atoms with van der Waals surface area (Å²) in [5.41, 5.74) is 0.915. The number of halogens is 3. The third-order valence-electron chi connectivity index (χ3n) is 1.80. The molecule has 1 aromatic carbocycles. The van der Waals surface area contributed by atoms with E-state index in [1.54, 1.807) is 0 Å². The highest BCUT2D eigenvalue weighted by molar-refractivity contribution is 6.04. The molecule has 0 saturated carbocycles. The van der Waals surface area contributed by atoms with Crippen LogP contribution < -0.4 is 5.48 Å². The van der Waals surface area contributed by atoms with Crippen molar-refractivity contribution in [2.24, 2.45) is 0 Å². The smallest absolute Gasteiger partial charge is 0.414 e. The molecule has 0 aromatic heterocycles. The lowest BCUT2D eigenvalue weighted by Crippen LogP contribution is -2.30. The zero-order chi connectivity index (χ0) is 13.8. The minimum Gasteiger partial charge on any atom is -0.478 e. The van der Waals surface area contributed by atoms with Crippen molar-refractivity contribution < 1.29 is 32.7 Å². The van der Waals surface area contributed by atoms with Gasteiger partial charge < -0.3 is 5.11 Å². The summed E-state index contributed by atoms with van der Waals surface area (Å²) in [6.45, 7) is -1.66. The Kier molecular flexibility index (Phi) is 4.27. The normalized spacial score (nSPS) is 11.1. The van der Waals surface area contributed by atoms with E-state index in [4.69, 9.17) is 5.11 Å². The van der Waals surface area contributed by atoms with Gasteiger partial charge in [0.25, 0.3) is 5.91 Å². The number of hydrogen-bond donors (Lipinski definition) is 2. The van der Waals surface area contributed by atoms with Crippen LogP contribution in [0.15, 0.2) is 24.3 Å². The first kappa shape index (κ1) is 14.0. The second kappa shape index (κ2) is 5.50. The average Bonchev–Trinajstić information content (AvgIpc) is 2.27. The maximum Gasteiger partial charge on any atom is 0.414 e. The van der Waals surface area contributed by atoms with Crippen LogP contribution in [-0.4, -0.2) is 29.8 Å². The number of hydroxylamine groups is 1. The van der Waals surface area contributed by atoms with Crippen LogP contribution in [0.3, 0.4) is 0 Å². The number of carbonyl (C=O) groups is 2. The SMILES string of the molecule is O=C(O)c1ccccc1C(=O)NOCC(F)(F)F. The molecule has 0 spiro atoms. The molecule has 0 unspecified atom stereocenters. The van der Waals surface area contributed by atoms with Crippen molar-refractivity contribution in [1.29, 1.82) is 0 Å². The van der Waals surface area contributed by atoms with Crippen LogP contribution in [0.2, 0.25) is 0 Å². The number of hydrogen-bond acceptors (Lipinski definition) is 3. The molecular weight excluding hydrogens is 255 g/mol. The Morgan fingerprint density at radius 2 is 1.78 bits per heavy atom. The lowest BCUT2D eigenvalue weighted by atomic mass is 10.1. The minimum atomic E-state index is -4.58. The van der Waals surface area contributed by atoms with Crippen molar-refractivity contribution in [1.82, 2.24) is 5.48 Å². The van der Waals surface area contributed by atoms with Gasteiger partial charge in [0.15, 0.2) is 6.61 Å². The molecule has 1 amide bonds. The van der Waals surface area contributed by atoms with E-state index in [-0.39, 0.29) is 11.1 Å². The summed E-state index contributed by atoms with van der Waals surface area (Å²) in [6.07, 6.45) is -4.58. The molecule has 1 aromatic rings. The van der Waals surface area contributed by atoms with Crippen LogP contribution >= 0.6 is 0 Å². The number of carboxylic acids is 1. The molecule has 0 aliphatic carbocycles. The number of rotatable bonds is 4. The van der Waals surface area contributed by atoms with Crippen LogP contribution in [0.4, 0.5) is 13.2 Å². The summed E-state index contributed by atoms with van der Waals surface area (Å²) in [6, 6.07) is 5.08. The summed E-state index contributed by atoms with van der Waals surface area (Å²) in [5.74, 6) is -2.42. The quantitative estimate of drug-likeness (QED) is 0.809. The van der Waals surface area contributed by atoms with Crippen molar-refractivity contribution in [3.05, 3.63) is 35.4 Å². The Labute approximate surface area is 99.1 Å². The molecule has 8 heteroatoms. The number of benzene rings is 1. The van der Waals surface area contributed by atoms with Gasteiger partial charge in [-0.3, -0.25) is 9.63 Å². The van der Waals surface area contributed by atoms with Gasteiger partial charge in [0.1, 0.15) is 0 Å². The molecule has 0 atom stereocenters. The highest BCUT2D eigenvalue weighted by atomic mass is 19.4. The molecule has 0 heterocycles. The molecule has 5 nitrogen and oxygen atoms in total. The first-order valence-electron chi connectivity index (χ1n) is 4.62. The highest BCUT2D eigenvalue weighted by Gasteiger charge is 2.28. The van der Waals surface area contributed by atoms with E-state index >= 15 is 0 Å². The van der Waals surface area contributed by atoms with Crippen molar-refractivity contribution >= 4 is 11.9 Å². The zero-order valence-corrected chi connectivity index (χ0v) is 8.82. The molecule has 0 bridgehead atoms. The number of amides is 1. The van der Waals surface area contributed by atoms with E-state index < -0.39 is 24.7 Å². The average molecular weight is 263 g/mol. The van der Waals surface area contributed by atoms with Gasteiger partial charge >= 0.3 is 12.1 Å². The number of carboxylic acid groups (broad SMARTS) is 1. The van der Waals surface area contributed by atoms with Gasteiger partial charge in [0.05, 0.1) is 11.1 Å². The van der Waals surface area contributed by atoms with E-state index in [9.17, 15) is 22.8 Å². The predicted octanol–water partition coefficient (Wildman–Crippen LogP) is 1.61. The molecule has 0 saturated heterocycles. The van der Waals surface area contributed by atoms with Crippen molar-refractivity contribution in [2.45, 2.75) is 6.18 Å². The monoisotopic (exact) mass is 263 g/mol. The number of alkyl halides is 3. The van der Waals surface area contributed by atoms with E-state index in [1.165, 1.54) is 17.6 Å². The van der Waals surface area contributed by atoms with Crippen LogP contribution in [0.25, 0.3) is 0 Å². The molecule has 2 N–H and O–H groups in total. The Bertz CT molecular complexity index is 459. The fraction of sp³-hybridized carbons (Fsp3) is 0.200. The molecule has 18 heavy (non-hydrogen) atoms. The predicted molar refractivity (Wildman–Crippen MR) is 52.9 cm³/mol. The summed E-state index contributed by atoms with van der Waals surface area (Å²) < 4.78 is 35.2. The van der Waals surface area contributed by atoms with Crippen molar-refractivity contribution in [3.8, 4) is 0 Å². The fourth-order valence-electron chi connectivity index (χ4n) is 1.11. The Hall–Kier alpha value is -2.09. The summed E-state index contributed by atoms with van der Waals surface area (Å²) in [5, 5.41) is 8.77. The third-order valence-corrected chi connectivity index (χ3v) is 1.80. The van der Waals surface area contributed by atoms with Gasteiger partial charge in [-0.15, -0.1) is 0 Å². The number of nitrogens with one attached hydrogen (secondary N) is 1. The maximum atomic E-state index is 11.7. The molecule has 0 aliphatic heterocycles. The molecule has 0 aliphatic rings. The van der Waals surface area contributed by atoms with E-state index in [2.05, 4.69) is 4.84 Å². The zero-order valence-electron chi connectivity index (χ0n) is 8.82. The van der Waals surface area contributed by atoms with E-state index in [0.29, 0.717) is 0 Å². The minimum absolute atomic E-state index is 0.285. The second-order valence-corrected chi connectivity index (χ2v) is 3.19. The topological polar surface area (TPSA) is 75.6 Å². The lowest BCUT2D eigenvalue weighted by Gasteiger charge is -2.09. The van der Waals surface area contributed by atoms with Crippen LogP contribution in [0, 0.1) is 0 Å². The van der Waals surface area contributed by atoms with Gasteiger partial charge in [-0.2, -0.15) is 13.2 Å². The fourth-order valence-corrected chi connectivity index (χ4v) is 1.11. The van der Waals surface area contributed by atoms with Crippen LogP contribution in [0.1, 0.15) is 20.7 Å². The van der Waals surface area contributed by atoms with Gasteiger partial charge in [-0.05, 0) is 12.1 Å². The summed E-state index contributed by atoms with van der Waals surface area (Å²) in [7, 11) is 0. The highest BCUT2D eigenvalue weighted by Crippen LogP contribution is 2.14.